The van der Waals surface area contributed by atoms with E-state index in [1.54, 1.807) is 7.11 Å². The van der Waals surface area contributed by atoms with Crippen LogP contribution in [0.25, 0.3) is 0 Å². The molecule has 1 saturated heterocycles. The Morgan fingerprint density at radius 1 is 1.13 bits per heavy atom. The smallest absolute Gasteiger partial charge is 0.0728 e. The van der Waals surface area contributed by atoms with Crippen LogP contribution in [0.5, 0.6) is 0 Å². The molecular formula is C26H30IN2OP. The van der Waals surface area contributed by atoms with E-state index in [4.69, 9.17) is 9.84 Å². The zero-order chi connectivity index (χ0) is 21.6. The summed E-state index contributed by atoms with van der Waals surface area (Å²) in [6, 6.07) is 22.3. The van der Waals surface area contributed by atoms with Crippen molar-refractivity contribution in [1.29, 1.82) is 0 Å². The van der Waals surface area contributed by atoms with Crippen molar-refractivity contribution in [3.05, 3.63) is 82.0 Å². The molecule has 2 aromatic rings. The van der Waals surface area contributed by atoms with Crippen LogP contribution in [0.4, 0.5) is 0 Å². The van der Waals surface area contributed by atoms with E-state index in [9.17, 15) is 0 Å². The quantitative estimate of drug-likeness (QED) is 0.245. The van der Waals surface area contributed by atoms with Crippen LogP contribution in [0.15, 0.2) is 87.1 Å². The molecular weight excluding hydrogens is 514 g/mol. The molecule has 0 amide bonds. The molecule has 1 aliphatic heterocycles. The summed E-state index contributed by atoms with van der Waals surface area (Å²) in [5, 5.41) is 10.5. The first-order valence-corrected chi connectivity index (χ1v) is 13.5. The summed E-state index contributed by atoms with van der Waals surface area (Å²) < 4.78 is 6.82. The number of methoxy groups -OCH3 is 1. The van der Waals surface area contributed by atoms with E-state index in [0.29, 0.717) is 11.7 Å². The summed E-state index contributed by atoms with van der Waals surface area (Å²) in [5.74, 6) is 0. The van der Waals surface area contributed by atoms with E-state index < -0.39 is 7.92 Å². The summed E-state index contributed by atoms with van der Waals surface area (Å²) >= 11 is 2.48. The SMILES string of the molecule is COCC1CCCN1/N=C(/C1=C(I)C=CC1)C(C)P(c1ccccc1)c1ccccc1. The lowest BCUT2D eigenvalue weighted by Crippen LogP contribution is -2.33. The number of rotatable bonds is 8. The van der Waals surface area contributed by atoms with Crippen LogP contribution in [-0.4, -0.2) is 42.7 Å². The lowest BCUT2D eigenvalue weighted by molar-refractivity contribution is 0.118. The van der Waals surface area contributed by atoms with Gasteiger partial charge in [0, 0.05) is 22.9 Å². The van der Waals surface area contributed by atoms with Crippen molar-refractivity contribution < 1.29 is 4.74 Å². The highest BCUT2D eigenvalue weighted by molar-refractivity contribution is 14.1. The van der Waals surface area contributed by atoms with Gasteiger partial charge in [0.05, 0.1) is 18.4 Å². The summed E-state index contributed by atoms with van der Waals surface area (Å²) in [6.45, 7) is 4.13. The predicted molar refractivity (Wildman–Crippen MR) is 142 cm³/mol. The Morgan fingerprint density at radius 2 is 1.77 bits per heavy atom. The fraction of sp³-hybridized carbons (Fsp3) is 0.346. The van der Waals surface area contributed by atoms with Gasteiger partial charge in [-0.15, -0.1) is 0 Å². The summed E-state index contributed by atoms with van der Waals surface area (Å²) in [6.07, 6.45) is 7.81. The van der Waals surface area contributed by atoms with Gasteiger partial charge < -0.3 is 4.74 Å². The molecule has 1 fully saturated rings. The molecule has 162 valence electrons. The van der Waals surface area contributed by atoms with E-state index in [0.717, 1.165) is 26.0 Å². The molecule has 0 N–H and O–H groups in total. The Bertz CT molecular complexity index is 918. The Hall–Kier alpha value is -1.49. The average molecular weight is 544 g/mol. The van der Waals surface area contributed by atoms with E-state index in [2.05, 4.69) is 107 Å². The molecule has 0 spiro atoms. The predicted octanol–water partition coefficient (Wildman–Crippen LogP) is 5.62. The van der Waals surface area contributed by atoms with Crippen molar-refractivity contribution in [3.63, 3.8) is 0 Å². The Labute approximate surface area is 201 Å². The topological polar surface area (TPSA) is 24.8 Å². The Kier molecular flexibility index (Phi) is 7.97. The molecule has 2 unspecified atom stereocenters. The van der Waals surface area contributed by atoms with Crippen molar-refractivity contribution in [1.82, 2.24) is 5.01 Å². The molecule has 1 heterocycles. The number of halogens is 1. The van der Waals surface area contributed by atoms with Gasteiger partial charge in [-0.2, -0.15) is 5.10 Å². The van der Waals surface area contributed by atoms with Gasteiger partial charge in [0.15, 0.2) is 0 Å². The lowest BCUT2D eigenvalue weighted by Gasteiger charge is -2.30. The minimum absolute atomic E-state index is 0.309. The number of benzene rings is 2. The Morgan fingerprint density at radius 3 is 2.32 bits per heavy atom. The molecule has 5 heteroatoms. The fourth-order valence-electron chi connectivity index (χ4n) is 4.45. The third-order valence-corrected chi connectivity index (χ3v) is 9.72. The monoisotopic (exact) mass is 544 g/mol. The third-order valence-electron chi connectivity index (χ3n) is 5.98. The zero-order valence-corrected chi connectivity index (χ0v) is 21.3. The van der Waals surface area contributed by atoms with Crippen molar-refractivity contribution in [2.45, 2.75) is 37.9 Å². The standard InChI is InChI=1S/C26H30IN2OP/c1-20(31(22-12-5-3-6-13-22)23-14-7-4-8-15-23)26(24-16-9-17-25(24)27)28-29-18-10-11-21(29)19-30-2/h3-9,12-15,17,20-21H,10-11,16,18-19H2,1-2H3/b28-26+. The molecule has 0 aromatic heterocycles. The second-order valence-corrected chi connectivity index (χ2v) is 11.8. The van der Waals surface area contributed by atoms with Gasteiger partial charge >= 0.3 is 0 Å². The molecule has 0 bridgehead atoms. The van der Waals surface area contributed by atoms with Gasteiger partial charge in [-0.3, -0.25) is 5.01 Å². The van der Waals surface area contributed by atoms with Gasteiger partial charge in [0.2, 0.25) is 0 Å². The number of hydrazone groups is 1. The second kappa shape index (κ2) is 10.9. The van der Waals surface area contributed by atoms with E-state index >= 15 is 0 Å². The van der Waals surface area contributed by atoms with Gasteiger partial charge in [-0.25, -0.2) is 0 Å². The molecule has 2 aliphatic rings. The largest absolute Gasteiger partial charge is 0.382 e. The maximum Gasteiger partial charge on any atom is 0.0728 e. The molecule has 31 heavy (non-hydrogen) atoms. The maximum absolute atomic E-state index is 5.50. The van der Waals surface area contributed by atoms with Crippen molar-refractivity contribution in [3.8, 4) is 0 Å². The van der Waals surface area contributed by atoms with Gasteiger partial charge in [0.25, 0.3) is 0 Å². The van der Waals surface area contributed by atoms with Crippen LogP contribution in [0.3, 0.4) is 0 Å². The second-order valence-electron chi connectivity index (χ2n) is 8.05. The van der Waals surface area contributed by atoms with Crippen LogP contribution in [0, 0.1) is 0 Å². The van der Waals surface area contributed by atoms with E-state index in [1.165, 1.54) is 31.9 Å². The average Bonchev–Trinajstić information content (AvgIpc) is 3.42. The van der Waals surface area contributed by atoms with E-state index in [-0.39, 0.29) is 0 Å². The molecule has 0 radical (unpaired) electrons. The summed E-state index contributed by atoms with van der Waals surface area (Å²) in [4.78, 5) is 0. The van der Waals surface area contributed by atoms with Gasteiger partial charge in [-0.05, 0) is 66.0 Å². The molecule has 1 aliphatic carbocycles. The number of allylic oxidation sites excluding steroid dienone is 4. The minimum Gasteiger partial charge on any atom is -0.382 e. The molecule has 4 rings (SSSR count). The van der Waals surface area contributed by atoms with Gasteiger partial charge in [0.1, 0.15) is 0 Å². The third kappa shape index (κ3) is 5.30. The first-order valence-electron chi connectivity index (χ1n) is 11.0. The lowest BCUT2D eigenvalue weighted by atomic mass is 10.1. The highest BCUT2D eigenvalue weighted by Gasteiger charge is 2.31. The normalized spacial score (nSPS) is 20.2. The highest BCUT2D eigenvalue weighted by atomic mass is 127. The zero-order valence-electron chi connectivity index (χ0n) is 18.2. The molecule has 2 aromatic carbocycles. The van der Waals surface area contributed by atoms with Crippen LogP contribution in [0.1, 0.15) is 26.2 Å². The molecule has 3 nitrogen and oxygen atoms in total. The van der Waals surface area contributed by atoms with Crippen LogP contribution < -0.4 is 10.6 Å². The summed E-state index contributed by atoms with van der Waals surface area (Å²) in [7, 11) is 1.21. The van der Waals surface area contributed by atoms with E-state index in [1.807, 2.05) is 0 Å². The van der Waals surface area contributed by atoms with Crippen molar-refractivity contribution >= 4 is 46.8 Å². The number of hydrogen-bond acceptors (Lipinski definition) is 3. The Balaban J connectivity index is 1.77. The number of ether oxygens (including phenoxy) is 1. The summed E-state index contributed by atoms with van der Waals surface area (Å²) in [5.41, 5.74) is 2.94. The minimum atomic E-state index is -0.583. The molecule has 0 saturated carbocycles. The molecule has 2 atom stereocenters. The van der Waals surface area contributed by atoms with Crippen molar-refractivity contribution in [2.24, 2.45) is 5.10 Å². The maximum atomic E-state index is 5.50. The number of nitrogens with zero attached hydrogens (tertiary/aromatic N) is 2. The first kappa shape index (κ1) is 22.7. The fourth-order valence-corrected chi connectivity index (χ4v) is 7.83. The van der Waals surface area contributed by atoms with Gasteiger partial charge in [-0.1, -0.05) is 79.7 Å². The highest BCUT2D eigenvalue weighted by Crippen LogP contribution is 2.43. The van der Waals surface area contributed by atoms with Crippen LogP contribution in [0.2, 0.25) is 0 Å². The van der Waals surface area contributed by atoms with Crippen molar-refractivity contribution in [2.75, 3.05) is 20.3 Å². The first-order chi connectivity index (χ1) is 15.2. The van der Waals surface area contributed by atoms with Crippen LogP contribution >= 0.6 is 30.5 Å². The number of hydrogen-bond donors (Lipinski definition) is 0. The van der Waals surface area contributed by atoms with Crippen LogP contribution in [-0.2, 0) is 4.74 Å².